The molecule has 1 N–H and O–H groups in total. The molecular formula is C13H13NO2. The van der Waals surface area contributed by atoms with Crippen molar-refractivity contribution in [2.75, 3.05) is 0 Å². The molecule has 0 unspecified atom stereocenters. The Labute approximate surface area is 94.3 Å². The van der Waals surface area contributed by atoms with Gasteiger partial charge in [0.05, 0.1) is 6.20 Å². The molecule has 82 valence electrons. The highest BCUT2D eigenvalue weighted by atomic mass is 16.5. The zero-order chi connectivity index (χ0) is 11.4. The molecule has 1 aromatic carbocycles. The standard InChI is InChI=1S/C13H13NO2/c1-10-7-12(15)8-14-13(10)16-9-11-5-3-2-4-6-11/h2-8,15H,9H2,1H3. The van der Waals surface area contributed by atoms with Crippen molar-refractivity contribution in [1.29, 1.82) is 0 Å². The maximum atomic E-state index is 9.20. The van der Waals surface area contributed by atoms with Gasteiger partial charge in [-0.1, -0.05) is 30.3 Å². The number of nitrogens with zero attached hydrogens (tertiary/aromatic N) is 1. The van der Waals surface area contributed by atoms with E-state index in [1.54, 1.807) is 6.07 Å². The largest absolute Gasteiger partial charge is 0.506 e. The van der Waals surface area contributed by atoms with Gasteiger partial charge in [-0.05, 0) is 18.6 Å². The van der Waals surface area contributed by atoms with Crippen LogP contribution in [0.1, 0.15) is 11.1 Å². The van der Waals surface area contributed by atoms with Gasteiger partial charge in [-0.15, -0.1) is 0 Å². The number of aryl methyl sites for hydroxylation is 1. The third-order valence-electron chi connectivity index (χ3n) is 2.23. The number of rotatable bonds is 3. The van der Waals surface area contributed by atoms with E-state index in [0.717, 1.165) is 11.1 Å². The third-order valence-corrected chi connectivity index (χ3v) is 2.23. The highest BCUT2D eigenvalue weighted by molar-refractivity contribution is 5.31. The Morgan fingerprint density at radius 1 is 1.25 bits per heavy atom. The molecule has 0 aliphatic rings. The Hall–Kier alpha value is -2.03. The summed E-state index contributed by atoms with van der Waals surface area (Å²) in [7, 11) is 0. The molecule has 0 atom stereocenters. The van der Waals surface area contributed by atoms with E-state index in [-0.39, 0.29) is 5.75 Å². The predicted octanol–water partition coefficient (Wildman–Crippen LogP) is 2.67. The fourth-order valence-corrected chi connectivity index (χ4v) is 1.42. The molecule has 0 bridgehead atoms. The molecule has 1 heterocycles. The van der Waals surface area contributed by atoms with Gasteiger partial charge in [0.2, 0.25) is 5.88 Å². The molecule has 0 spiro atoms. The Bertz CT molecular complexity index is 469. The van der Waals surface area contributed by atoms with Crippen LogP contribution in [0.3, 0.4) is 0 Å². The summed E-state index contributed by atoms with van der Waals surface area (Å²) in [4.78, 5) is 4.02. The number of aromatic hydroxyl groups is 1. The van der Waals surface area contributed by atoms with E-state index in [9.17, 15) is 5.11 Å². The van der Waals surface area contributed by atoms with Crippen LogP contribution in [0.5, 0.6) is 11.6 Å². The minimum absolute atomic E-state index is 0.157. The monoisotopic (exact) mass is 215 g/mol. The summed E-state index contributed by atoms with van der Waals surface area (Å²) >= 11 is 0. The molecule has 2 rings (SSSR count). The van der Waals surface area contributed by atoms with Crippen molar-refractivity contribution < 1.29 is 9.84 Å². The molecule has 16 heavy (non-hydrogen) atoms. The lowest BCUT2D eigenvalue weighted by atomic mass is 10.2. The molecule has 0 radical (unpaired) electrons. The average Bonchev–Trinajstić information content (AvgIpc) is 2.29. The van der Waals surface area contributed by atoms with E-state index >= 15 is 0 Å². The summed E-state index contributed by atoms with van der Waals surface area (Å²) in [5, 5.41) is 9.20. The van der Waals surface area contributed by atoms with E-state index in [2.05, 4.69) is 4.98 Å². The minimum Gasteiger partial charge on any atom is -0.506 e. The van der Waals surface area contributed by atoms with Crippen LogP contribution in [0.2, 0.25) is 0 Å². The lowest BCUT2D eigenvalue weighted by molar-refractivity contribution is 0.290. The molecular weight excluding hydrogens is 202 g/mol. The Morgan fingerprint density at radius 2 is 2.00 bits per heavy atom. The SMILES string of the molecule is Cc1cc(O)cnc1OCc1ccccc1. The van der Waals surface area contributed by atoms with Gasteiger partial charge in [-0.3, -0.25) is 0 Å². The second kappa shape index (κ2) is 4.66. The van der Waals surface area contributed by atoms with Crippen LogP contribution in [-0.2, 0) is 6.61 Å². The topological polar surface area (TPSA) is 42.4 Å². The lowest BCUT2D eigenvalue weighted by Crippen LogP contribution is -1.98. The summed E-state index contributed by atoms with van der Waals surface area (Å²) in [6.07, 6.45) is 1.38. The van der Waals surface area contributed by atoms with Crippen LogP contribution in [0.15, 0.2) is 42.6 Å². The van der Waals surface area contributed by atoms with Gasteiger partial charge in [-0.25, -0.2) is 4.98 Å². The highest BCUT2D eigenvalue weighted by Crippen LogP contribution is 2.19. The smallest absolute Gasteiger partial charge is 0.216 e. The molecule has 0 fully saturated rings. The van der Waals surface area contributed by atoms with E-state index in [1.807, 2.05) is 37.3 Å². The first-order valence-electron chi connectivity index (χ1n) is 5.08. The first-order valence-corrected chi connectivity index (χ1v) is 5.08. The van der Waals surface area contributed by atoms with Crippen molar-refractivity contribution in [3.8, 4) is 11.6 Å². The van der Waals surface area contributed by atoms with Crippen LogP contribution in [0.4, 0.5) is 0 Å². The van der Waals surface area contributed by atoms with Crippen molar-refractivity contribution in [2.45, 2.75) is 13.5 Å². The molecule has 0 amide bonds. The summed E-state index contributed by atoms with van der Waals surface area (Å²) in [6.45, 7) is 2.34. The molecule has 0 aliphatic carbocycles. The van der Waals surface area contributed by atoms with Crippen molar-refractivity contribution in [1.82, 2.24) is 4.98 Å². The van der Waals surface area contributed by atoms with Gasteiger partial charge in [0.25, 0.3) is 0 Å². The van der Waals surface area contributed by atoms with E-state index in [1.165, 1.54) is 6.20 Å². The fourth-order valence-electron chi connectivity index (χ4n) is 1.42. The predicted molar refractivity (Wildman–Crippen MR) is 61.4 cm³/mol. The second-order valence-electron chi connectivity index (χ2n) is 3.59. The van der Waals surface area contributed by atoms with E-state index < -0.39 is 0 Å². The van der Waals surface area contributed by atoms with Crippen molar-refractivity contribution in [3.63, 3.8) is 0 Å². The Balaban J connectivity index is 2.05. The normalized spacial score (nSPS) is 10.1. The zero-order valence-corrected chi connectivity index (χ0v) is 9.05. The van der Waals surface area contributed by atoms with Crippen LogP contribution < -0.4 is 4.74 Å². The van der Waals surface area contributed by atoms with Crippen LogP contribution >= 0.6 is 0 Å². The number of ether oxygens (including phenoxy) is 1. The first kappa shape index (κ1) is 10.5. The number of hydrogen-bond acceptors (Lipinski definition) is 3. The Kier molecular flexibility index (Phi) is 3.05. The van der Waals surface area contributed by atoms with Crippen molar-refractivity contribution >= 4 is 0 Å². The maximum absolute atomic E-state index is 9.20. The van der Waals surface area contributed by atoms with Gasteiger partial charge >= 0.3 is 0 Å². The van der Waals surface area contributed by atoms with Gasteiger partial charge in [0, 0.05) is 5.56 Å². The number of pyridine rings is 1. The number of benzene rings is 1. The number of hydrogen-bond donors (Lipinski definition) is 1. The van der Waals surface area contributed by atoms with Crippen LogP contribution in [0, 0.1) is 6.92 Å². The number of aromatic nitrogens is 1. The zero-order valence-electron chi connectivity index (χ0n) is 9.05. The van der Waals surface area contributed by atoms with Gasteiger partial charge in [-0.2, -0.15) is 0 Å². The molecule has 0 aliphatic heterocycles. The van der Waals surface area contributed by atoms with Gasteiger partial charge < -0.3 is 9.84 Å². The molecule has 1 aromatic heterocycles. The molecule has 0 saturated carbocycles. The first-order chi connectivity index (χ1) is 7.75. The van der Waals surface area contributed by atoms with Crippen LogP contribution in [-0.4, -0.2) is 10.1 Å². The average molecular weight is 215 g/mol. The van der Waals surface area contributed by atoms with Crippen LogP contribution in [0.25, 0.3) is 0 Å². The fraction of sp³-hybridized carbons (Fsp3) is 0.154. The molecule has 2 aromatic rings. The van der Waals surface area contributed by atoms with E-state index in [4.69, 9.17) is 4.74 Å². The molecule has 0 saturated heterocycles. The minimum atomic E-state index is 0.157. The van der Waals surface area contributed by atoms with Gasteiger partial charge in [0.1, 0.15) is 12.4 Å². The molecule has 3 nitrogen and oxygen atoms in total. The van der Waals surface area contributed by atoms with Crippen molar-refractivity contribution in [2.24, 2.45) is 0 Å². The van der Waals surface area contributed by atoms with Crippen molar-refractivity contribution in [3.05, 3.63) is 53.7 Å². The molecule has 3 heteroatoms. The third kappa shape index (κ3) is 2.51. The summed E-state index contributed by atoms with van der Waals surface area (Å²) in [5.74, 6) is 0.714. The Morgan fingerprint density at radius 3 is 2.69 bits per heavy atom. The van der Waals surface area contributed by atoms with E-state index in [0.29, 0.717) is 12.5 Å². The maximum Gasteiger partial charge on any atom is 0.216 e. The second-order valence-corrected chi connectivity index (χ2v) is 3.59. The highest BCUT2D eigenvalue weighted by Gasteiger charge is 2.02. The lowest BCUT2D eigenvalue weighted by Gasteiger charge is -2.07. The summed E-state index contributed by atoms with van der Waals surface area (Å²) in [6, 6.07) is 11.5. The summed E-state index contributed by atoms with van der Waals surface area (Å²) in [5.41, 5.74) is 1.92. The quantitative estimate of drug-likeness (QED) is 0.855. The van der Waals surface area contributed by atoms with Gasteiger partial charge in [0.15, 0.2) is 0 Å². The summed E-state index contributed by atoms with van der Waals surface area (Å²) < 4.78 is 5.56.